The number of hydrogen-bond donors (Lipinski definition) is 3. The molecule has 0 spiro atoms. The van der Waals surface area contributed by atoms with Crippen LogP contribution < -0.4 is 5.73 Å². The summed E-state index contributed by atoms with van der Waals surface area (Å²) < 4.78 is 0. The number of nitrogens with zero attached hydrogens (tertiary/aromatic N) is 1. The van der Waals surface area contributed by atoms with Gasteiger partial charge in [0.15, 0.2) is 11.5 Å². The topological polar surface area (TPSA) is 90.3 Å². The highest BCUT2D eigenvalue weighted by atomic mass is 16.3. The van der Waals surface area contributed by atoms with Gasteiger partial charge in [-0.2, -0.15) is 5.26 Å². The molecular weight excluding hydrogens is 168 g/mol. The third-order valence-electron chi connectivity index (χ3n) is 1.45. The normalized spacial score (nSPS) is 10.8. The maximum absolute atomic E-state index is 9.08. The quantitative estimate of drug-likeness (QED) is 0.438. The number of nitrogens with two attached hydrogens (primary N) is 1. The largest absolute Gasteiger partial charge is 0.504 e. The van der Waals surface area contributed by atoms with E-state index in [0.29, 0.717) is 5.56 Å². The smallest absolute Gasteiger partial charge is 0.157 e. The lowest BCUT2D eigenvalue weighted by atomic mass is 10.2. The number of phenols is 2. The fraction of sp³-hybridized carbons (Fsp3) is 0. The molecule has 0 amide bonds. The van der Waals surface area contributed by atoms with E-state index in [9.17, 15) is 0 Å². The number of benzene rings is 1. The second-order valence-electron chi connectivity index (χ2n) is 2.46. The molecule has 4 heteroatoms. The molecule has 0 saturated carbocycles. The van der Waals surface area contributed by atoms with Crippen molar-refractivity contribution in [1.29, 1.82) is 5.26 Å². The summed E-state index contributed by atoms with van der Waals surface area (Å²) in [5, 5.41) is 26.4. The van der Waals surface area contributed by atoms with Gasteiger partial charge in [0.25, 0.3) is 0 Å². The molecule has 1 rings (SSSR count). The van der Waals surface area contributed by atoms with Crippen molar-refractivity contribution >= 4 is 6.08 Å². The van der Waals surface area contributed by atoms with Crippen molar-refractivity contribution in [2.75, 3.05) is 0 Å². The molecule has 0 radical (unpaired) electrons. The first kappa shape index (κ1) is 8.94. The van der Waals surface area contributed by atoms with Gasteiger partial charge in [-0.3, -0.25) is 0 Å². The minimum absolute atomic E-state index is 0.0464. The Hall–Kier alpha value is -2.15. The zero-order valence-corrected chi connectivity index (χ0v) is 6.73. The highest BCUT2D eigenvalue weighted by Gasteiger charge is 1.98. The van der Waals surface area contributed by atoms with Crippen LogP contribution in [0.1, 0.15) is 5.56 Å². The Kier molecular flexibility index (Phi) is 2.41. The van der Waals surface area contributed by atoms with Gasteiger partial charge in [0, 0.05) is 0 Å². The number of nitriles is 1. The number of phenolic OH excluding ortho intramolecular Hbond substituents is 2. The van der Waals surface area contributed by atoms with Crippen LogP contribution in [-0.4, -0.2) is 10.2 Å². The second-order valence-corrected chi connectivity index (χ2v) is 2.46. The molecule has 0 saturated heterocycles. The molecule has 0 fully saturated rings. The summed E-state index contributed by atoms with van der Waals surface area (Å²) in [4.78, 5) is 0. The van der Waals surface area contributed by atoms with Gasteiger partial charge in [-0.25, -0.2) is 0 Å². The Morgan fingerprint density at radius 2 is 2.08 bits per heavy atom. The summed E-state index contributed by atoms with van der Waals surface area (Å²) in [7, 11) is 0. The molecule has 0 unspecified atom stereocenters. The number of aromatic hydroxyl groups is 2. The van der Waals surface area contributed by atoms with Gasteiger partial charge in [0.05, 0.1) is 0 Å². The van der Waals surface area contributed by atoms with Crippen molar-refractivity contribution in [2.24, 2.45) is 5.73 Å². The van der Waals surface area contributed by atoms with Gasteiger partial charge in [0.2, 0.25) is 0 Å². The van der Waals surface area contributed by atoms with E-state index in [1.165, 1.54) is 18.2 Å². The first-order chi connectivity index (χ1) is 6.13. The fourth-order valence-electron chi connectivity index (χ4n) is 0.842. The summed E-state index contributed by atoms with van der Waals surface area (Å²) in [6.45, 7) is 0. The Balaban J connectivity index is 3.07. The summed E-state index contributed by atoms with van der Waals surface area (Å²) in [6, 6.07) is 5.93. The number of hydrogen-bond acceptors (Lipinski definition) is 4. The maximum atomic E-state index is 9.08. The van der Waals surface area contributed by atoms with E-state index in [-0.39, 0.29) is 17.2 Å². The first-order valence-corrected chi connectivity index (χ1v) is 3.52. The van der Waals surface area contributed by atoms with Gasteiger partial charge in [-0.15, -0.1) is 0 Å². The van der Waals surface area contributed by atoms with Crippen LogP contribution in [0, 0.1) is 11.3 Å². The van der Waals surface area contributed by atoms with Crippen LogP contribution in [0.2, 0.25) is 0 Å². The van der Waals surface area contributed by atoms with Crippen molar-refractivity contribution in [3.05, 3.63) is 29.5 Å². The Morgan fingerprint density at radius 3 is 2.62 bits per heavy atom. The Labute approximate surface area is 75.2 Å². The first-order valence-electron chi connectivity index (χ1n) is 3.52. The standard InChI is InChI=1S/C9H8N2O2/c10-5-7(11)3-6-1-2-8(12)9(13)4-6/h1-4,12-13H,11H2/b7-3+. The minimum Gasteiger partial charge on any atom is -0.504 e. The molecule has 0 heterocycles. The predicted molar refractivity (Wildman–Crippen MR) is 47.5 cm³/mol. The number of rotatable bonds is 1. The molecule has 66 valence electrons. The van der Waals surface area contributed by atoms with Crippen molar-refractivity contribution in [2.45, 2.75) is 0 Å². The van der Waals surface area contributed by atoms with Gasteiger partial charge in [-0.05, 0) is 23.8 Å². The second kappa shape index (κ2) is 3.50. The summed E-state index contributed by atoms with van der Waals surface area (Å²) in [5.74, 6) is -0.438. The van der Waals surface area contributed by atoms with Crippen LogP contribution in [0.25, 0.3) is 6.08 Å². The van der Waals surface area contributed by atoms with Crippen LogP contribution in [0.3, 0.4) is 0 Å². The van der Waals surface area contributed by atoms with Gasteiger partial charge in [-0.1, -0.05) is 6.07 Å². The summed E-state index contributed by atoms with van der Waals surface area (Å²) in [5.41, 5.74) is 5.86. The molecule has 0 aliphatic rings. The van der Waals surface area contributed by atoms with Crippen LogP contribution in [0.4, 0.5) is 0 Å². The van der Waals surface area contributed by atoms with E-state index in [4.69, 9.17) is 21.2 Å². The lowest BCUT2D eigenvalue weighted by Crippen LogP contribution is -1.91. The monoisotopic (exact) mass is 176 g/mol. The van der Waals surface area contributed by atoms with Crippen molar-refractivity contribution in [1.82, 2.24) is 0 Å². The molecule has 1 aromatic carbocycles. The average molecular weight is 176 g/mol. The molecular formula is C9H8N2O2. The zero-order valence-electron chi connectivity index (χ0n) is 6.73. The highest BCUT2D eigenvalue weighted by molar-refractivity contribution is 5.59. The lowest BCUT2D eigenvalue weighted by Gasteiger charge is -1.98. The zero-order chi connectivity index (χ0) is 9.84. The molecule has 0 aliphatic heterocycles. The van der Waals surface area contributed by atoms with Gasteiger partial charge < -0.3 is 15.9 Å². The molecule has 0 aliphatic carbocycles. The molecule has 1 aromatic rings. The summed E-state index contributed by atoms with van der Waals surface area (Å²) in [6.07, 6.45) is 1.40. The van der Waals surface area contributed by atoms with Crippen LogP contribution in [-0.2, 0) is 0 Å². The minimum atomic E-state index is -0.237. The van der Waals surface area contributed by atoms with E-state index in [0.717, 1.165) is 0 Å². The number of allylic oxidation sites excluding steroid dienone is 1. The third-order valence-corrected chi connectivity index (χ3v) is 1.45. The molecule has 0 bridgehead atoms. The lowest BCUT2D eigenvalue weighted by molar-refractivity contribution is 0.403. The van der Waals surface area contributed by atoms with Crippen molar-refractivity contribution in [3.63, 3.8) is 0 Å². The molecule has 4 nitrogen and oxygen atoms in total. The predicted octanol–water partition coefficient (Wildman–Crippen LogP) is 0.921. The van der Waals surface area contributed by atoms with Crippen molar-refractivity contribution < 1.29 is 10.2 Å². The van der Waals surface area contributed by atoms with E-state index < -0.39 is 0 Å². The molecule has 0 atom stereocenters. The molecule has 4 N–H and O–H groups in total. The van der Waals surface area contributed by atoms with Gasteiger partial charge in [0.1, 0.15) is 11.8 Å². The maximum Gasteiger partial charge on any atom is 0.157 e. The fourth-order valence-corrected chi connectivity index (χ4v) is 0.842. The molecule has 13 heavy (non-hydrogen) atoms. The van der Waals surface area contributed by atoms with Crippen LogP contribution in [0.15, 0.2) is 23.9 Å². The van der Waals surface area contributed by atoms with Crippen LogP contribution >= 0.6 is 0 Å². The Morgan fingerprint density at radius 1 is 1.38 bits per heavy atom. The van der Waals surface area contributed by atoms with Gasteiger partial charge >= 0.3 is 0 Å². The third kappa shape index (κ3) is 2.14. The average Bonchev–Trinajstić information content (AvgIpc) is 2.11. The highest BCUT2D eigenvalue weighted by Crippen LogP contribution is 2.25. The van der Waals surface area contributed by atoms with Crippen LogP contribution in [0.5, 0.6) is 11.5 Å². The van der Waals surface area contributed by atoms with E-state index in [1.807, 2.05) is 0 Å². The van der Waals surface area contributed by atoms with E-state index in [1.54, 1.807) is 12.1 Å². The van der Waals surface area contributed by atoms with Crippen molar-refractivity contribution in [3.8, 4) is 17.6 Å². The van der Waals surface area contributed by atoms with E-state index >= 15 is 0 Å². The summed E-state index contributed by atoms with van der Waals surface area (Å²) >= 11 is 0. The Bertz CT molecular complexity index is 391. The molecule has 0 aromatic heterocycles. The SMILES string of the molecule is N#C/C(N)=C\c1ccc(O)c(O)c1. The van der Waals surface area contributed by atoms with E-state index in [2.05, 4.69) is 0 Å².